The molecule has 1 aromatic rings. The van der Waals surface area contributed by atoms with Crippen LogP contribution in [0.25, 0.3) is 0 Å². The van der Waals surface area contributed by atoms with Crippen LogP contribution in [0.2, 0.25) is 0 Å². The van der Waals surface area contributed by atoms with Crippen LogP contribution in [0.3, 0.4) is 0 Å². The first-order valence-corrected chi connectivity index (χ1v) is 38.6. The summed E-state index contributed by atoms with van der Waals surface area (Å²) in [6.07, 6.45) is 4.45. The zero-order chi connectivity index (χ0) is 80.9. The fourth-order valence-corrected chi connectivity index (χ4v) is 12.8. The summed E-state index contributed by atoms with van der Waals surface area (Å²) in [6, 6.07) is -12.5. The van der Waals surface area contributed by atoms with Gasteiger partial charge < -0.3 is 112 Å². The second-order valence-corrected chi connectivity index (χ2v) is 29.4. The zero-order valence-electron chi connectivity index (χ0n) is 63.5. The number of hydrogen-bond donors (Lipinski definition) is 19. The lowest BCUT2D eigenvalue weighted by Gasteiger charge is -2.32. The third kappa shape index (κ3) is 32.2. The molecule has 0 bridgehead atoms. The fraction of sp³-hybridized carbons (Fsp3) is 0.704. The number of carbonyl (C=O) groups excluding carboxylic acids is 13. The number of hydrogen-bond acceptors (Lipinski definition) is 22. The van der Waals surface area contributed by atoms with Crippen molar-refractivity contribution in [1.29, 1.82) is 0 Å². The molecule has 0 aliphatic carbocycles. The number of thioether (sulfide) groups is 1. The van der Waals surface area contributed by atoms with E-state index in [1.807, 2.05) is 27.7 Å². The summed E-state index contributed by atoms with van der Waals surface area (Å²) in [7, 11) is 0. The van der Waals surface area contributed by atoms with Crippen LogP contribution < -0.4 is 81.4 Å². The maximum Gasteiger partial charge on any atom is 0.325 e. The SMILES string of the molecule is CSCC[C@H](NC(=O)[C@H](CCC(=O)O)NC(=O)[C@@H](N)CC(C)C)C(=O)N[C@@H](Cc1ccc(O)cc1)C(=O)N[C@@H](CCCCN)C(=O)N[C@@H](C)C(=O)N1CCC[C@H]1C(=O)N[C@@H](CC(C)C)C(=O)N[C@@H](CCCCN)C(=O)N1CCC[C@H]1C(=O)N[C@@H](C)C(=O)N[C@@H](CCCCN)C(=O)N[C@@H](CO)C(=O)N[C@@H](C)C(=O)O. The Hall–Kier alpha value is -8.78. The molecule has 108 heavy (non-hydrogen) atoms. The van der Waals surface area contributed by atoms with Gasteiger partial charge in [-0.2, -0.15) is 11.8 Å². The van der Waals surface area contributed by atoms with Gasteiger partial charge in [0.25, 0.3) is 0 Å². The standard InChI is InChI=1S/C71H119N17O19S/c1-39(2)35-46(75)59(94)80-49(26-27-57(91)92)62(97)82-50(28-34-108-8)63(98)84-53(37-44-22-24-45(90)25-23-44)65(100)81-47(17-9-12-29-72)60(95)77-42(6)69(104)87-32-15-21-56(87)68(103)85-52(36-40(3)4)64(99)83-51(19-11-14-31-74)70(105)88-33-16-20-55(88)67(102)76-41(5)58(93)79-48(18-10-13-30-73)61(96)86-54(38-89)66(101)78-43(7)71(106)107/h22-25,39-43,46-56,89-90H,9-21,26-38,72-75H2,1-8H3,(H,76,102)(H,77,95)(H,78,101)(H,79,93)(H,80,94)(H,81,100)(H,82,97)(H,83,99)(H,84,98)(H,85,103)(H,86,96)(H,91,92)(H,106,107)/t41-,42-,43-,46-,47-,48-,49-,50-,51-,52-,53-,54-,55-,56-/m0/s1. The largest absolute Gasteiger partial charge is 0.508 e. The van der Waals surface area contributed by atoms with E-state index in [9.17, 15) is 92.3 Å². The second kappa shape index (κ2) is 48.6. The molecule has 0 spiro atoms. The number of nitrogens with two attached hydrogens (primary N) is 4. The molecule has 0 aromatic heterocycles. The van der Waals surface area contributed by atoms with Gasteiger partial charge in [0.15, 0.2) is 0 Å². The first-order chi connectivity index (χ1) is 51.1. The van der Waals surface area contributed by atoms with Crippen LogP contribution in [0.5, 0.6) is 5.75 Å². The van der Waals surface area contributed by atoms with E-state index in [4.69, 9.17) is 22.9 Å². The maximum absolute atomic E-state index is 14.7. The summed E-state index contributed by atoms with van der Waals surface area (Å²) in [6.45, 7) is 11.2. The third-order valence-electron chi connectivity index (χ3n) is 18.4. The summed E-state index contributed by atoms with van der Waals surface area (Å²) >= 11 is 1.34. The summed E-state index contributed by atoms with van der Waals surface area (Å²) in [5.41, 5.74) is 23.9. The number of carboxylic acid groups (broad SMARTS) is 2. The highest BCUT2D eigenvalue weighted by molar-refractivity contribution is 7.98. The summed E-state index contributed by atoms with van der Waals surface area (Å²) in [5.74, 6) is -12.9. The smallest absolute Gasteiger partial charge is 0.325 e. The van der Waals surface area contributed by atoms with E-state index in [1.54, 1.807) is 6.26 Å². The number of carboxylic acids is 2. The van der Waals surface area contributed by atoms with E-state index in [-0.39, 0.29) is 115 Å². The van der Waals surface area contributed by atoms with Gasteiger partial charge in [0, 0.05) is 25.9 Å². The molecule has 0 unspecified atom stereocenters. The van der Waals surface area contributed by atoms with Crippen molar-refractivity contribution in [1.82, 2.24) is 68.3 Å². The normalized spacial score (nSPS) is 17.5. The van der Waals surface area contributed by atoms with Crippen molar-refractivity contribution in [3.63, 3.8) is 0 Å². The monoisotopic (exact) mass is 1550 g/mol. The summed E-state index contributed by atoms with van der Waals surface area (Å²) in [4.78, 5) is 208. The number of carbonyl (C=O) groups is 15. The number of nitrogens with zero attached hydrogens (tertiary/aromatic N) is 2. The molecule has 2 aliphatic heterocycles. The molecule has 23 N–H and O–H groups in total. The van der Waals surface area contributed by atoms with Crippen molar-refractivity contribution in [3.8, 4) is 5.75 Å². The summed E-state index contributed by atoms with van der Waals surface area (Å²) < 4.78 is 0. The predicted molar refractivity (Wildman–Crippen MR) is 400 cm³/mol. The number of phenolic OH excluding ortho intramolecular Hbond substituents is 1. The van der Waals surface area contributed by atoms with Crippen LogP contribution >= 0.6 is 11.8 Å². The minimum absolute atomic E-state index is 0.00373. The van der Waals surface area contributed by atoms with E-state index in [1.165, 1.54) is 66.6 Å². The van der Waals surface area contributed by atoms with E-state index in [0.29, 0.717) is 62.7 Å². The lowest BCUT2D eigenvalue weighted by molar-refractivity contribution is -0.143. The molecule has 14 atom stereocenters. The van der Waals surface area contributed by atoms with Crippen LogP contribution in [-0.2, 0) is 78.3 Å². The van der Waals surface area contributed by atoms with Gasteiger partial charge in [-0.3, -0.25) is 71.9 Å². The number of amides is 13. The van der Waals surface area contributed by atoms with Gasteiger partial charge in [-0.1, -0.05) is 39.8 Å². The van der Waals surface area contributed by atoms with Crippen LogP contribution in [0.4, 0.5) is 0 Å². The Kier molecular flexibility index (Phi) is 42.0. The van der Waals surface area contributed by atoms with Crippen molar-refractivity contribution < 1.29 is 92.3 Å². The minimum atomic E-state index is -1.58. The molecule has 13 amide bonds. The highest BCUT2D eigenvalue weighted by atomic mass is 32.2. The molecule has 0 saturated carbocycles. The number of unbranched alkanes of at least 4 members (excludes halogenated alkanes) is 3. The molecule has 608 valence electrons. The highest BCUT2D eigenvalue weighted by Gasteiger charge is 2.43. The molecule has 36 nitrogen and oxygen atoms in total. The number of aromatic hydroxyl groups is 1. The molecule has 1 aromatic carbocycles. The molecule has 0 radical (unpaired) electrons. The topological polar surface area (TPSA) is 580 Å². The molecular formula is C71H119N17O19S. The number of nitrogens with one attached hydrogen (secondary N) is 11. The Bertz CT molecular complexity index is 3170. The molecule has 2 saturated heterocycles. The summed E-state index contributed by atoms with van der Waals surface area (Å²) in [5, 5.41) is 67.2. The van der Waals surface area contributed by atoms with Gasteiger partial charge in [-0.15, -0.1) is 0 Å². The molecule has 2 heterocycles. The third-order valence-corrected chi connectivity index (χ3v) is 19.0. The average molecular weight is 1550 g/mol. The average Bonchev–Trinajstić information content (AvgIpc) is 1.60. The maximum atomic E-state index is 14.7. The number of aliphatic hydroxyl groups is 1. The molecule has 37 heteroatoms. The van der Waals surface area contributed by atoms with Crippen LogP contribution in [0, 0.1) is 11.8 Å². The number of aliphatic carboxylic acids is 2. The Balaban J connectivity index is 1.84. The lowest BCUT2D eigenvalue weighted by atomic mass is 10.0. The van der Waals surface area contributed by atoms with Gasteiger partial charge in [0.2, 0.25) is 76.8 Å². The molecule has 3 rings (SSSR count). The fourth-order valence-electron chi connectivity index (χ4n) is 12.3. The van der Waals surface area contributed by atoms with Gasteiger partial charge in [-0.05, 0) is 191 Å². The first-order valence-electron chi connectivity index (χ1n) is 37.2. The van der Waals surface area contributed by atoms with Gasteiger partial charge in [0.1, 0.15) is 84.3 Å². The predicted octanol–water partition coefficient (Wildman–Crippen LogP) is -3.19. The first kappa shape index (κ1) is 93.4. The zero-order valence-corrected chi connectivity index (χ0v) is 64.3. The van der Waals surface area contributed by atoms with Crippen LogP contribution in [0.1, 0.15) is 170 Å². The van der Waals surface area contributed by atoms with E-state index >= 15 is 0 Å². The number of aliphatic hydroxyl groups excluding tert-OH is 1. The number of rotatable bonds is 50. The quantitative estimate of drug-likeness (QED) is 0.0286. The van der Waals surface area contributed by atoms with E-state index in [2.05, 4.69) is 58.5 Å². The number of benzene rings is 1. The minimum Gasteiger partial charge on any atom is -0.508 e. The Morgan fingerprint density at radius 3 is 1.35 bits per heavy atom. The Labute approximate surface area is 635 Å². The van der Waals surface area contributed by atoms with Gasteiger partial charge in [-0.25, -0.2) is 0 Å². The number of phenols is 1. The lowest BCUT2D eigenvalue weighted by Crippen LogP contribution is -2.60. The second-order valence-electron chi connectivity index (χ2n) is 28.4. The Morgan fingerprint density at radius 2 is 0.861 bits per heavy atom. The molecular weight excluding hydrogens is 1430 g/mol. The van der Waals surface area contributed by atoms with Crippen LogP contribution in [-0.4, -0.2) is 255 Å². The van der Waals surface area contributed by atoms with Crippen molar-refractivity contribution in [3.05, 3.63) is 29.8 Å². The highest BCUT2D eigenvalue weighted by Crippen LogP contribution is 2.23. The number of likely N-dealkylation sites (tertiary alicyclic amines) is 2. The molecule has 2 fully saturated rings. The van der Waals surface area contributed by atoms with Crippen molar-refractivity contribution >= 4 is 100 Å². The van der Waals surface area contributed by atoms with Crippen LogP contribution in [0.15, 0.2) is 24.3 Å². The van der Waals surface area contributed by atoms with Crippen molar-refractivity contribution in [2.75, 3.05) is 51.3 Å². The van der Waals surface area contributed by atoms with E-state index in [0.717, 1.165) is 0 Å². The Morgan fingerprint density at radius 1 is 0.454 bits per heavy atom. The van der Waals surface area contributed by atoms with Crippen molar-refractivity contribution in [2.45, 2.75) is 255 Å². The van der Waals surface area contributed by atoms with Gasteiger partial charge >= 0.3 is 11.9 Å². The van der Waals surface area contributed by atoms with Crippen molar-refractivity contribution in [2.24, 2.45) is 34.8 Å². The molecule has 2 aliphatic rings. The van der Waals surface area contributed by atoms with E-state index < -0.39 is 186 Å². The van der Waals surface area contributed by atoms with Gasteiger partial charge in [0.05, 0.1) is 12.6 Å².